The molecule has 10 heteroatoms. The van der Waals surface area contributed by atoms with E-state index < -0.39 is 0 Å². The van der Waals surface area contributed by atoms with E-state index in [2.05, 4.69) is 322 Å². The second kappa shape index (κ2) is 27.5. The van der Waals surface area contributed by atoms with Gasteiger partial charge in [0.05, 0.1) is 77.9 Å². The largest absolute Gasteiger partial charge is 0.309 e. The number of rotatable bonds is 12. The zero-order valence-corrected chi connectivity index (χ0v) is 60.6. The van der Waals surface area contributed by atoms with Gasteiger partial charge in [-0.2, -0.15) is 0 Å². The van der Waals surface area contributed by atoms with Crippen LogP contribution in [0.3, 0.4) is 0 Å². The molecule has 0 bridgehead atoms. The summed E-state index contributed by atoms with van der Waals surface area (Å²) in [5.74, 6) is 0. The predicted molar refractivity (Wildman–Crippen MR) is 460 cm³/mol. The van der Waals surface area contributed by atoms with E-state index in [0.717, 1.165) is 167 Å². The Bertz CT molecular complexity index is 6800. The Kier molecular flexibility index (Phi) is 16.0. The molecule has 22 aromatic rings. The van der Waals surface area contributed by atoms with Gasteiger partial charge in [-0.1, -0.05) is 158 Å². The van der Waals surface area contributed by atoms with Crippen molar-refractivity contribution >= 4 is 87.5 Å². The minimum atomic E-state index is 0.927. The smallest absolute Gasteiger partial charge is 0.0963 e. The molecule has 0 saturated carbocycles. The highest BCUT2D eigenvalue weighted by atomic mass is 15.0. The van der Waals surface area contributed by atoms with Gasteiger partial charge in [0.2, 0.25) is 0 Å². The van der Waals surface area contributed by atoms with Gasteiger partial charge in [-0.25, -0.2) is 0 Å². The van der Waals surface area contributed by atoms with E-state index in [-0.39, 0.29) is 0 Å². The average Bonchev–Trinajstić information content (AvgIpc) is 1.58. The first-order valence-corrected chi connectivity index (χ1v) is 37.7. The van der Waals surface area contributed by atoms with Crippen molar-refractivity contribution in [2.45, 2.75) is 0 Å². The summed E-state index contributed by atoms with van der Waals surface area (Å²) in [7, 11) is 0. The van der Waals surface area contributed by atoms with E-state index in [1.807, 2.05) is 97.8 Å². The highest BCUT2D eigenvalue weighted by Gasteiger charge is 2.23. The summed E-state index contributed by atoms with van der Waals surface area (Å²) >= 11 is 0. The first kappa shape index (κ1) is 65.1. The maximum Gasteiger partial charge on any atom is 0.0963 e. The molecule has 22 rings (SSSR count). The Morgan fingerprint density at radius 2 is 0.473 bits per heavy atom. The lowest BCUT2D eigenvalue weighted by atomic mass is 9.96. The van der Waals surface area contributed by atoms with Gasteiger partial charge < -0.3 is 18.3 Å². The van der Waals surface area contributed by atoms with Crippen molar-refractivity contribution in [1.29, 1.82) is 0 Å². The summed E-state index contributed by atoms with van der Waals surface area (Å²) < 4.78 is 9.43. The van der Waals surface area contributed by atoms with Crippen LogP contribution in [0.5, 0.6) is 0 Å². The first-order valence-electron chi connectivity index (χ1n) is 37.7. The number of fused-ring (bicyclic) bond motifs is 12. The summed E-state index contributed by atoms with van der Waals surface area (Å²) in [5, 5.41) is 7.14. The molecule has 0 aliphatic rings. The van der Waals surface area contributed by atoms with Crippen LogP contribution in [0.2, 0.25) is 0 Å². The summed E-state index contributed by atoms with van der Waals surface area (Å²) in [4.78, 5) is 28.6. The molecule has 112 heavy (non-hydrogen) atoms. The van der Waals surface area contributed by atoms with Crippen molar-refractivity contribution < 1.29 is 0 Å². The Labute approximate surface area is 645 Å². The highest BCUT2D eigenvalue weighted by molar-refractivity contribution is 6.19. The summed E-state index contributed by atoms with van der Waals surface area (Å²) in [6.45, 7) is 0. The highest BCUT2D eigenvalue weighted by Crippen LogP contribution is 2.45. The molecule has 10 aromatic heterocycles. The average molecular weight is 1430 g/mol. The van der Waals surface area contributed by atoms with Crippen molar-refractivity contribution in [3.63, 3.8) is 0 Å². The fraction of sp³-hybridized carbons (Fsp3) is 0. The minimum absolute atomic E-state index is 0.927. The maximum atomic E-state index is 4.89. The molecule has 0 N–H and O–H groups in total. The third-order valence-corrected chi connectivity index (χ3v) is 21.7. The van der Waals surface area contributed by atoms with Crippen LogP contribution in [0.4, 0.5) is 0 Å². The Morgan fingerprint density at radius 1 is 0.161 bits per heavy atom. The van der Waals surface area contributed by atoms with E-state index >= 15 is 0 Å². The van der Waals surface area contributed by atoms with Gasteiger partial charge in [0, 0.05) is 115 Å². The number of benzene rings is 12. The van der Waals surface area contributed by atoms with Crippen molar-refractivity contribution in [1.82, 2.24) is 48.2 Å². The van der Waals surface area contributed by atoms with Crippen molar-refractivity contribution in [3.05, 3.63) is 401 Å². The lowest BCUT2D eigenvalue weighted by molar-refractivity contribution is 1.17. The molecule has 0 unspecified atom stereocenters. The quantitative estimate of drug-likeness (QED) is 0.121. The number of nitrogens with zero attached hydrogens (tertiary/aromatic N) is 10. The molecule has 0 aliphatic carbocycles. The van der Waals surface area contributed by atoms with Gasteiger partial charge in [0.1, 0.15) is 0 Å². The lowest BCUT2D eigenvalue weighted by Gasteiger charge is -2.13. The normalized spacial score (nSPS) is 11.6. The first-order chi connectivity index (χ1) is 55.6. The van der Waals surface area contributed by atoms with Crippen molar-refractivity contribution in [2.75, 3.05) is 0 Å². The van der Waals surface area contributed by atoms with Crippen molar-refractivity contribution in [2.24, 2.45) is 0 Å². The van der Waals surface area contributed by atoms with Gasteiger partial charge in [0.15, 0.2) is 0 Å². The van der Waals surface area contributed by atoms with Crippen LogP contribution in [0.15, 0.2) is 401 Å². The Morgan fingerprint density at radius 3 is 0.866 bits per heavy atom. The Hall–Kier alpha value is -15.3. The molecule has 524 valence electrons. The fourth-order valence-electron chi connectivity index (χ4n) is 16.8. The fourth-order valence-corrected chi connectivity index (χ4v) is 16.8. The zero-order valence-electron chi connectivity index (χ0n) is 60.6. The summed E-state index contributed by atoms with van der Waals surface area (Å²) in [6, 6.07) is 129. The molecular formula is C102H66N10. The molecule has 10 heterocycles. The molecule has 0 aliphatic heterocycles. The molecule has 0 saturated heterocycles. The predicted octanol–water partition coefficient (Wildman–Crippen LogP) is 25.5. The van der Waals surface area contributed by atoms with Crippen LogP contribution in [0, 0.1) is 0 Å². The zero-order chi connectivity index (χ0) is 74.0. The number of hydrogen-bond donors (Lipinski definition) is 0. The van der Waals surface area contributed by atoms with E-state index in [1.54, 1.807) is 0 Å². The van der Waals surface area contributed by atoms with Crippen LogP contribution < -0.4 is 0 Å². The third-order valence-electron chi connectivity index (χ3n) is 21.7. The van der Waals surface area contributed by atoms with Crippen LogP contribution in [-0.2, 0) is 0 Å². The molecule has 0 spiro atoms. The number of hydrogen-bond acceptors (Lipinski definition) is 6. The van der Waals surface area contributed by atoms with Gasteiger partial charge >= 0.3 is 0 Å². The summed E-state index contributed by atoms with van der Waals surface area (Å²) in [6.07, 6.45) is 11.2. The number of para-hydroxylation sites is 4. The molecule has 12 aromatic carbocycles. The van der Waals surface area contributed by atoms with Crippen LogP contribution in [-0.4, -0.2) is 48.2 Å². The standard InChI is InChI=1S/2C51H33N5/c2*1-2-14-39(15-3-1)55-47-25-24-35(33-43(47)51-49(55)23-12-28-54-51)41-18-11-22-48-50(41)42-17-4-5-21-46(42)56(48)40-16-10-13-34(32-40)36-29-37(44-19-6-8-26-52-44)31-38(30-36)45-20-7-9-27-53-45/h2*1-33H. The molecule has 0 radical (unpaired) electrons. The van der Waals surface area contributed by atoms with Crippen LogP contribution >= 0.6 is 0 Å². The molecular weight excluding hydrogens is 1370 g/mol. The van der Waals surface area contributed by atoms with E-state index in [0.29, 0.717) is 0 Å². The maximum absolute atomic E-state index is 4.89. The van der Waals surface area contributed by atoms with Gasteiger partial charge in [-0.15, -0.1) is 0 Å². The monoisotopic (exact) mass is 1430 g/mol. The molecule has 0 amide bonds. The van der Waals surface area contributed by atoms with Gasteiger partial charge in [0.25, 0.3) is 0 Å². The van der Waals surface area contributed by atoms with E-state index in [9.17, 15) is 0 Å². The molecule has 0 fully saturated rings. The van der Waals surface area contributed by atoms with E-state index in [1.165, 1.54) is 32.7 Å². The number of pyridine rings is 6. The van der Waals surface area contributed by atoms with Crippen LogP contribution in [0.1, 0.15) is 0 Å². The third kappa shape index (κ3) is 11.4. The topological polar surface area (TPSA) is 97.1 Å². The summed E-state index contributed by atoms with van der Waals surface area (Å²) in [5.41, 5.74) is 32.6. The SMILES string of the molecule is c1ccc(-n2c3ccc(-c4cccc5c4c4ccccc4n5-c4cccc(-c5cc(-c6ccccn6)cc(-c6ccccn6)c5)c4)cc3c3ncccc32)cc1.c1ccc(-n2c3ccc(-c4cccc5c4c4ccccc4n5-c4cccc(-c5cc(-c6ccccn6)cc(-c6ccccn6)c5)c4)cc3c3ncccc32)cc1. The Balaban J connectivity index is 0.000000141. The van der Waals surface area contributed by atoms with Gasteiger partial charge in [-0.05, 0) is 251 Å². The van der Waals surface area contributed by atoms with Crippen LogP contribution in [0.25, 0.3) is 200 Å². The molecule has 0 atom stereocenters. The second-order valence-corrected chi connectivity index (χ2v) is 28.2. The van der Waals surface area contributed by atoms with E-state index in [4.69, 9.17) is 29.9 Å². The second-order valence-electron chi connectivity index (χ2n) is 28.2. The lowest BCUT2D eigenvalue weighted by Crippen LogP contribution is -1.95. The van der Waals surface area contributed by atoms with Crippen molar-refractivity contribution in [3.8, 4) is 112 Å². The van der Waals surface area contributed by atoms with Gasteiger partial charge in [-0.3, -0.25) is 29.9 Å². The number of aromatic nitrogens is 10. The minimum Gasteiger partial charge on any atom is -0.309 e. The molecule has 10 nitrogen and oxygen atoms in total.